The number of alkyl halides is 1. The molecule has 1 atom stereocenters. The number of ether oxygens (including phenoxy) is 1. The van der Waals surface area contributed by atoms with E-state index < -0.39 is 17.8 Å². The van der Waals surface area contributed by atoms with Crippen molar-refractivity contribution in [3.05, 3.63) is 89.0 Å². The van der Waals surface area contributed by atoms with Crippen molar-refractivity contribution in [3.8, 4) is 16.9 Å². The fourth-order valence-corrected chi connectivity index (χ4v) is 3.03. The third-order valence-corrected chi connectivity index (χ3v) is 4.79. The maximum Gasteiger partial charge on any atom is 0.200 e. The lowest BCUT2D eigenvalue weighted by molar-refractivity contribution is 0.229. The summed E-state index contributed by atoms with van der Waals surface area (Å²) in [6, 6.07) is 18.3. The van der Waals surface area contributed by atoms with Gasteiger partial charge in [0.25, 0.3) is 0 Å². The molecule has 0 amide bonds. The second kappa shape index (κ2) is 8.96. The maximum absolute atomic E-state index is 14.5. The van der Waals surface area contributed by atoms with E-state index in [1.54, 1.807) is 19.1 Å². The average molecular weight is 384 g/mol. The number of rotatable bonds is 7. The highest BCUT2D eigenvalue weighted by Gasteiger charge is 2.15. The summed E-state index contributed by atoms with van der Waals surface area (Å²) in [5.41, 5.74) is 4.10. The Hall–Kier alpha value is -2.75. The minimum absolute atomic E-state index is 0.0390. The van der Waals surface area contributed by atoms with Crippen molar-refractivity contribution in [3.63, 3.8) is 0 Å². The molecule has 0 N–H and O–H groups in total. The molecule has 0 saturated carbocycles. The molecule has 1 unspecified atom stereocenters. The molecular weight excluding hydrogens is 361 g/mol. The second-order valence-electron chi connectivity index (χ2n) is 6.80. The van der Waals surface area contributed by atoms with Gasteiger partial charge >= 0.3 is 0 Å². The Bertz CT molecular complexity index is 918. The zero-order valence-corrected chi connectivity index (χ0v) is 16.0. The molecule has 0 radical (unpaired) electrons. The van der Waals surface area contributed by atoms with Crippen LogP contribution in [0.1, 0.15) is 36.2 Å². The van der Waals surface area contributed by atoms with E-state index >= 15 is 0 Å². The fourth-order valence-electron chi connectivity index (χ4n) is 3.03. The van der Waals surface area contributed by atoms with Gasteiger partial charge in [0, 0.05) is 6.42 Å². The van der Waals surface area contributed by atoms with Gasteiger partial charge in [-0.15, -0.1) is 0 Å². The summed E-state index contributed by atoms with van der Waals surface area (Å²) in [6.45, 7) is 3.74. The van der Waals surface area contributed by atoms with Crippen molar-refractivity contribution in [2.75, 3.05) is 6.61 Å². The van der Waals surface area contributed by atoms with Crippen LogP contribution >= 0.6 is 0 Å². The molecule has 0 spiro atoms. The lowest BCUT2D eigenvalue weighted by atomic mass is 10.0. The van der Waals surface area contributed by atoms with Gasteiger partial charge in [0.1, 0.15) is 6.17 Å². The highest BCUT2D eigenvalue weighted by atomic mass is 19.2. The first-order valence-corrected chi connectivity index (χ1v) is 9.40. The molecule has 3 aromatic carbocycles. The molecule has 0 aliphatic rings. The molecule has 146 valence electrons. The van der Waals surface area contributed by atoms with Crippen LogP contribution < -0.4 is 4.74 Å². The van der Waals surface area contributed by atoms with E-state index in [1.807, 2.05) is 43.3 Å². The molecule has 1 nitrogen and oxygen atoms in total. The van der Waals surface area contributed by atoms with Gasteiger partial charge in [-0.2, -0.15) is 4.39 Å². The lowest BCUT2D eigenvalue weighted by Crippen LogP contribution is -2.05. The summed E-state index contributed by atoms with van der Waals surface area (Å²) in [6.07, 6.45) is -0.788. The van der Waals surface area contributed by atoms with Crippen LogP contribution in [0.4, 0.5) is 13.2 Å². The zero-order chi connectivity index (χ0) is 20.1. The highest BCUT2D eigenvalue weighted by molar-refractivity contribution is 5.64. The fraction of sp³-hybridized carbons (Fsp3) is 0.250. The van der Waals surface area contributed by atoms with E-state index in [2.05, 4.69) is 0 Å². The van der Waals surface area contributed by atoms with Crippen LogP contribution in [-0.4, -0.2) is 6.61 Å². The summed E-state index contributed by atoms with van der Waals surface area (Å²) >= 11 is 0. The molecule has 0 saturated heterocycles. The molecule has 0 aliphatic carbocycles. The summed E-state index contributed by atoms with van der Waals surface area (Å²) in [4.78, 5) is 0. The standard InChI is InChI=1S/C24H23F3O/c1-3-17-12-13-22(24(27)23(17)26)28-15-14-21(25)20-10-8-19(9-11-20)18-6-4-16(2)5-7-18/h4-13,21H,3,14-15H2,1-2H3. The first kappa shape index (κ1) is 20.0. The molecule has 0 bridgehead atoms. The first-order valence-electron chi connectivity index (χ1n) is 9.40. The van der Waals surface area contributed by atoms with Crippen molar-refractivity contribution in [1.82, 2.24) is 0 Å². The number of aryl methyl sites for hydroxylation is 2. The van der Waals surface area contributed by atoms with Gasteiger partial charge in [0.2, 0.25) is 5.82 Å². The van der Waals surface area contributed by atoms with E-state index in [4.69, 9.17) is 4.74 Å². The van der Waals surface area contributed by atoms with Crippen molar-refractivity contribution < 1.29 is 17.9 Å². The topological polar surface area (TPSA) is 9.23 Å². The molecule has 0 aromatic heterocycles. The smallest absolute Gasteiger partial charge is 0.200 e. The van der Waals surface area contributed by atoms with Crippen LogP contribution in [0.25, 0.3) is 11.1 Å². The summed E-state index contributed by atoms with van der Waals surface area (Å²) in [5, 5.41) is 0. The molecular formula is C24H23F3O. The predicted octanol–water partition coefficient (Wildman–Crippen LogP) is 6.98. The van der Waals surface area contributed by atoms with E-state index in [0.717, 1.165) is 11.1 Å². The largest absolute Gasteiger partial charge is 0.490 e. The van der Waals surface area contributed by atoms with Gasteiger partial charge in [0.05, 0.1) is 6.61 Å². The van der Waals surface area contributed by atoms with Crippen molar-refractivity contribution in [1.29, 1.82) is 0 Å². The van der Waals surface area contributed by atoms with Crippen LogP contribution in [0, 0.1) is 18.6 Å². The van der Waals surface area contributed by atoms with Crippen LogP contribution in [-0.2, 0) is 6.42 Å². The molecule has 0 fully saturated rings. The van der Waals surface area contributed by atoms with Gasteiger partial charge in [-0.25, -0.2) is 8.78 Å². The molecule has 0 aliphatic heterocycles. The Balaban J connectivity index is 1.58. The maximum atomic E-state index is 14.5. The molecule has 0 heterocycles. The molecule has 3 aromatic rings. The first-order chi connectivity index (χ1) is 13.5. The summed E-state index contributed by atoms with van der Waals surface area (Å²) in [7, 11) is 0. The van der Waals surface area contributed by atoms with Gasteiger partial charge in [-0.05, 0) is 41.7 Å². The average Bonchev–Trinajstić information content (AvgIpc) is 2.72. The predicted molar refractivity (Wildman–Crippen MR) is 106 cm³/mol. The normalized spacial score (nSPS) is 12.0. The number of halogens is 3. The lowest BCUT2D eigenvalue weighted by Gasteiger charge is -2.12. The Morgan fingerprint density at radius 2 is 1.43 bits per heavy atom. The Morgan fingerprint density at radius 1 is 0.821 bits per heavy atom. The van der Waals surface area contributed by atoms with Gasteiger partial charge < -0.3 is 4.74 Å². The van der Waals surface area contributed by atoms with Crippen LogP contribution in [0.5, 0.6) is 5.75 Å². The third kappa shape index (κ3) is 4.56. The SMILES string of the molecule is CCc1ccc(OCCC(F)c2ccc(-c3ccc(C)cc3)cc2)c(F)c1F. The Morgan fingerprint density at radius 3 is 2.04 bits per heavy atom. The van der Waals surface area contributed by atoms with E-state index in [1.165, 1.54) is 17.7 Å². The van der Waals surface area contributed by atoms with Crippen LogP contribution in [0.3, 0.4) is 0 Å². The van der Waals surface area contributed by atoms with Crippen molar-refractivity contribution in [2.45, 2.75) is 32.9 Å². The Labute approximate surface area is 163 Å². The van der Waals surface area contributed by atoms with Crippen LogP contribution in [0.2, 0.25) is 0 Å². The zero-order valence-electron chi connectivity index (χ0n) is 16.0. The Kier molecular flexibility index (Phi) is 6.40. The minimum atomic E-state index is -1.24. The monoisotopic (exact) mass is 384 g/mol. The number of hydrogen-bond acceptors (Lipinski definition) is 1. The van der Waals surface area contributed by atoms with E-state index in [-0.39, 0.29) is 18.8 Å². The van der Waals surface area contributed by atoms with E-state index in [9.17, 15) is 13.2 Å². The van der Waals surface area contributed by atoms with Crippen LogP contribution in [0.15, 0.2) is 60.7 Å². The van der Waals surface area contributed by atoms with Crippen molar-refractivity contribution in [2.24, 2.45) is 0 Å². The number of benzene rings is 3. The molecule has 4 heteroatoms. The molecule has 28 heavy (non-hydrogen) atoms. The second-order valence-corrected chi connectivity index (χ2v) is 6.80. The minimum Gasteiger partial charge on any atom is -0.490 e. The van der Waals surface area contributed by atoms with Gasteiger partial charge in [0.15, 0.2) is 11.6 Å². The summed E-state index contributed by atoms with van der Waals surface area (Å²) in [5.74, 6) is -2.10. The highest BCUT2D eigenvalue weighted by Crippen LogP contribution is 2.27. The van der Waals surface area contributed by atoms with Gasteiger partial charge in [-0.1, -0.05) is 67.1 Å². The molecule has 3 rings (SSSR count). The third-order valence-electron chi connectivity index (χ3n) is 4.79. The quantitative estimate of drug-likeness (QED) is 0.427. The van der Waals surface area contributed by atoms with E-state index in [0.29, 0.717) is 17.5 Å². The van der Waals surface area contributed by atoms with Crippen molar-refractivity contribution >= 4 is 0 Å². The summed E-state index contributed by atoms with van der Waals surface area (Å²) < 4.78 is 47.5. The number of hydrogen-bond donors (Lipinski definition) is 0. The van der Waals surface area contributed by atoms with Gasteiger partial charge in [-0.3, -0.25) is 0 Å².